The van der Waals surface area contributed by atoms with E-state index in [0.717, 1.165) is 11.3 Å². The number of rotatable bonds is 2. The summed E-state index contributed by atoms with van der Waals surface area (Å²) in [6.07, 6.45) is 0.665. The first-order valence-electron chi connectivity index (χ1n) is 5.49. The molecule has 0 fully saturated rings. The quantitative estimate of drug-likeness (QED) is 0.715. The molecule has 0 unspecified atom stereocenters. The number of nitrogens with one attached hydrogen (secondary N) is 1. The van der Waals surface area contributed by atoms with Crippen LogP contribution < -0.4 is 0 Å². The zero-order valence-corrected chi connectivity index (χ0v) is 10.5. The molecule has 0 amide bonds. The fraction of sp³-hybridized carbons (Fsp3) is 0.167. The minimum atomic E-state index is 0.450. The Bertz CT molecular complexity index is 745. The van der Waals surface area contributed by atoms with Crippen LogP contribution in [0, 0.1) is 11.6 Å². The van der Waals surface area contributed by atoms with Crippen molar-refractivity contribution < 1.29 is 4.63 Å². The molecule has 3 rings (SSSR count). The number of nitrogens with zero attached hydrogens (tertiary/aromatic N) is 3. The van der Waals surface area contributed by atoms with Crippen molar-refractivity contribution in [2.75, 3.05) is 0 Å². The van der Waals surface area contributed by atoms with Crippen LogP contribution in [0.2, 0.25) is 0 Å². The molecule has 0 aliphatic carbocycles. The van der Waals surface area contributed by atoms with Crippen LogP contribution in [-0.4, -0.2) is 20.3 Å². The molecule has 0 radical (unpaired) electrons. The highest BCUT2D eigenvalue weighted by Crippen LogP contribution is 2.12. The largest absolute Gasteiger partial charge is 0.324 e. The van der Waals surface area contributed by atoms with Crippen LogP contribution in [0.4, 0.5) is 0 Å². The summed E-state index contributed by atoms with van der Waals surface area (Å²) in [5.41, 5.74) is 4.09. The number of hydrogen-bond acceptors (Lipinski definition) is 5. The van der Waals surface area contributed by atoms with Gasteiger partial charge in [-0.25, -0.2) is 9.61 Å². The summed E-state index contributed by atoms with van der Waals surface area (Å²) in [6, 6.07) is 8.27. The molecule has 90 valence electrons. The second kappa shape index (κ2) is 4.30. The lowest BCUT2D eigenvalue weighted by molar-refractivity contribution is 0.314. The predicted molar refractivity (Wildman–Crippen MR) is 68.8 cm³/mol. The van der Waals surface area contributed by atoms with Crippen LogP contribution >= 0.6 is 12.2 Å². The van der Waals surface area contributed by atoms with E-state index in [1.165, 1.54) is 5.56 Å². The zero-order chi connectivity index (χ0) is 12.5. The summed E-state index contributed by atoms with van der Waals surface area (Å²) in [5, 5.41) is 7.37. The first-order chi connectivity index (χ1) is 8.72. The van der Waals surface area contributed by atoms with Crippen LogP contribution in [0.5, 0.6) is 0 Å². The summed E-state index contributed by atoms with van der Waals surface area (Å²) >= 11 is 5.24. The molecule has 2 aromatic heterocycles. The summed E-state index contributed by atoms with van der Waals surface area (Å²) in [6.45, 7) is 2.06. The monoisotopic (exact) mass is 258 g/mol. The van der Waals surface area contributed by atoms with Gasteiger partial charge in [0.2, 0.25) is 11.3 Å². The van der Waals surface area contributed by atoms with Gasteiger partial charge in [-0.2, -0.15) is 0 Å². The van der Waals surface area contributed by atoms with Gasteiger partial charge in [-0.1, -0.05) is 42.0 Å². The maximum Gasteiger partial charge on any atom is 0.241 e. The molecule has 0 aliphatic rings. The molecule has 0 bridgehead atoms. The Labute approximate surface area is 108 Å². The highest BCUT2D eigenvalue weighted by molar-refractivity contribution is 7.71. The van der Waals surface area contributed by atoms with E-state index >= 15 is 0 Å². The Morgan fingerprint density at radius 1 is 1.22 bits per heavy atom. The second-order valence-corrected chi connectivity index (χ2v) is 4.52. The highest BCUT2D eigenvalue weighted by atomic mass is 32.1. The summed E-state index contributed by atoms with van der Waals surface area (Å²) < 4.78 is 5.17. The molecule has 0 saturated carbocycles. The number of aryl methyl sites for hydroxylation is 1. The van der Waals surface area contributed by atoms with E-state index in [1.807, 2.05) is 0 Å². The van der Waals surface area contributed by atoms with E-state index in [1.54, 1.807) is 0 Å². The smallest absolute Gasteiger partial charge is 0.241 e. The molecular weight excluding hydrogens is 248 g/mol. The average molecular weight is 258 g/mol. The Morgan fingerprint density at radius 3 is 2.78 bits per heavy atom. The lowest BCUT2D eigenvalue weighted by Gasteiger charge is -2.01. The highest BCUT2D eigenvalue weighted by Gasteiger charge is 2.07. The number of hydrogen-bond donors (Lipinski definition) is 1. The Kier molecular flexibility index (Phi) is 2.64. The van der Waals surface area contributed by atoms with Crippen molar-refractivity contribution in [1.82, 2.24) is 20.3 Å². The second-order valence-electron chi connectivity index (χ2n) is 4.11. The van der Waals surface area contributed by atoms with Gasteiger partial charge in [0, 0.05) is 6.42 Å². The van der Waals surface area contributed by atoms with Crippen molar-refractivity contribution >= 4 is 23.5 Å². The van der Waals surface area contributed by atoms with E-state index in [-0.39, 0.29) is 0 Å². The number of fused-ring (bicyclic) bond motifs is 1. The van der Waals surface area contributed by atoms with E-state index in [4.69, 9.17) is 12.2 Å². The van der Waals surface area contributed by atoms with Crippen molar-refractivity contribution in [3.05, 3.63) is 45.7 Å². The molecule has 18 heavy (non-hydrogen) atoms. The molecule has 0 saturated heterocycles. The van der Waals surface area contributed by atoms with E-state index in [0.29, 0.717) is 22.4 Å². The van der Waals surface area contributed by atoms with Gasteiger partial charge in [-0.3, -0.25) is 0 Å². The minimum absolute atomic E-state index is 0.450. The van der Waals surface area contributed by atoms with Gasteiger partial charge in [-0.15, -0.1) is 0 Å². The predicted octanol–water partition coefficient (Wildman–Crippen LogP) is 2.57. The Balaban J connectivity index is 2.01. The molecule has 3 aromatic rings. The van der Waals surface area contributed by atoms with Gasteiger partial charge >= 0.3 is 0 Å². The van der Waals surface area contributed by atoms with Gasteiger partial charge in [0.05, 0.1) is 5.69 Å². The average Bonchev–Trinajstić information content (AvgIpc) is 2.79. The van der Waals surface area contributed by atoms with Crippen molar-refractivity contribution in [3.63, 3.8) is 0 Å². The van der Waals surface area contributed by atoms with Crippen molar-refractivity contribution in [2.24, 2.45) is 0 Å². The van der Waals surface area contributed by atoms with Crippen molar-refractivity contribution in [3.8, 4) is 0 Å². The molecule has 1 aromatic carbocycles. The zero-order valence-electron chi connectivity index (χ0n) is 9.67. The Morgan fingerprint density at radius 2 is 2.00 bits per heavy atom. The third-order valence-electron chi connectivity index (χ3n) is 2.70. The third kappa shape index (κ3) is 2.02. The topological polar surface area (TPSA) is 67.6 Å². The van der Waals surface area contributed by atoms with Gasteiger partial charge < -0.3 is 4.98 Å². The van der Waals surface area contributed by atoms with Crippen LogP contribution in [-0.2, 0) is 6.42 Å². The molecular formula is C12H10N4OS. The maximum absolute atomic E-state index is 5.24. The molecule has 1 N–H and O–H groups in total. The first kappa shape index (κ1) is 11.0. The lowest BCUT2D eigenvalue weighted by Crippen LogP contribution is -1.97. The first-order valence-corrected chi connectivity index (χ1v) is 5.90. The normalized spacial score (nSPS) is 10.9. The molecule has 0 aliphatic heterocycles. The van der Waals surface area contributed by atoms with Crippen molar-refractivity contribution in [1.29, 1.82) is 0 Å². The fourth-order valence-electron chi connectivity index (χ4n) is 1.71. The molecule has 6 heteroatoms. The van der Waals surface area contributed by atoms with E-state index in [9.17, 15) is 0 Å². The van der Waals surface area contributed by atoms with Crippen LogP contribution in [0.3, 0.4) is 0 Å². The summed E-state index contributed by atoms with van der Waals surface area (Å²) in [4.78, 5) is 7.30. The molecule has 0 atom stereocenters. The van der Waals surface area contributed by atoms with Crippen LogP contribution in [0.15, 0.2) is 28.9 Å². The van der Waals surface area contributed by atoms with Gasteiger partial charge in [-0.05, 0) is 22.8 Å². The Hall–Kier alpha value is -2.08. The van der Waals surface area contributed by atoms with Crippen LogP contribution in [0.1, 0.15) is 16.8 Å². The number of aromatic amines is 1. The summed E-state index contributed by atoms with van der Waals surface area (Å²) in [5.74, 6) is 0. The molecule has 2 heterocycles. The SMILES string of the molecule is Cc1ccc(Cc2nc3nonc3[nH]c2=S)cc1. The van der Waals surface area contributed by atoms with Gasteiger partial charge in [0.25, 0.3) is 0 Å². The van der Waals surface area contributed by atoms with E-state index < -0.39 is 0 Å². The summed E-state index contributed by atoms with van der Waals surface area (Å²) in [7, 11) is 0. The minimum Gasteiger partial charge on any atom is -0.324 e. The number of H-pyrrole nitrogens is 1. The molecule has 0 spiro atoms. The van der Waals surface area contributed by atoms with Crippen molar-refractivity contribution in [2.45, 2.75) is 13.3 Å². The lowest BCUT2D eigenvalue weighted by atomic mass is 10.1. The molecule has 5 nitrogen and oxygen atoms in total. The van der Waals surface area contributed by atoms with E-state index in [2.05, 4.69) is 56.1 Å². The standard InChI is InChI=1S/C12H10N4OS/c1-7-2-4-8(5-3-7)6-9-12(18)14-11-10(13-9)15-17-16-11/h2-5H,6H2,1H3,(H,14,16,18). The fourth-order valence-corrected chi connectivity index (χ4v) is 1.93. The van der Waals surface area contributed by atoms with Crippen LogP contribution in [0.25, 0.3) is 11.3 Å². The number of aromatic nitrogens is 4. The number of benzene rings is 1. The maximum atomic E-state index is 5.24. The van der Waals surface area contributed by atoms with Gasteiger partial charge in [0.15, 0.2) is 0 Å². The third-order valence-corrected chi connectivity index (χ3v) is 3.04. The van der Waals surface area contributed by atoms with Gasteiger partial charge in [0.1, 0.15) is 4.64 Å².